The lowest BCUT2D eigenvalue weighted by atomic mass is 10.4. The summed E-state index contributed by atoms with van der Waals surface area (Å²) in [5.74, 6) is -1.67. The van der Waals surface area contributed by atoms with Crippen molar-refractivity contribution in [2.75, 3.05) is 5.73 Å². The summed E-state index contributed by atoms with van der Waals surface area (Å²) < 4.78 is 1.28. The van der Waals surface area contributed by atoms with Gasteiger partial charge in [0, 0.05) is 19.2 Å². The summed E-state index contributed by atoms with van der Waals surface area (Å²) in [4.78, 5) is 21.0. The van der Waals surface area contributed by atoms with Crippen molar-refractivity contribution < 1.29 is 14.7 Å². The van der Waals surface area contributed by atoms with Crippen molar-refractivity contribution in [3.63, 3.8) is 0 Å². The number of carbonyl (C=O) groups is 2. The number of carboxylic acids is 1. The van der Waals surface area contributed by atoms with E-state index in [1.807, 2.05) is 0 Å². The molecular weight excluding hydrogens is 188 g/mol. The van der Waals surface area contributed by atoms with Crippen LogP contribution in [0.25, 0.3) is 0 Å². The molecule has 1 rings (SSSR count). The number of aromatic carboxylic acids is 1. The smallest absolute Gasteiger partial charge is 0.358 e. The number of rotatable bonds is 4. The first-order chi connectivity index (χ1) is 6.50. The summed E-state index contributed by atoms with van der Waals surface area (Å²) in [5.41, 5.74) is 10.1. The van der Waals surface area contributed by atoms with Crippen LogP contribution in [0.1, 0.15) is 16.9 Å². The van der Waals surface area contributed by atoms with E-state index < -0.39 is 11.9 Å². The molecule has 0 aliphatic rings. The third kappa shape index (κ3) is 2.22. The van der Waals surface area contributed by atoms with Gasteiger partial charge in [0.1, 0.15) is 0 Å². The topological polar surface area (TPSA) is 124 Å². The van der Waals surface area contributed by atoms with E-state index in [0.29, 0.717) is 0 Å². The molecule has 0 saturated carbocycles. The highest BCUT2D eigenvalue weighted by molar-refractivity contribution is 5.91. The molecule has 0 atom stereocenters. The lowest BCUT2D eigenvalue weighted by Gasteiger charge is -1.96. The van der Waals surface area contributed by atoms with E-state index in [1.54, 1.807) is 0 Å². The largest absolute Gasteiger partial charge is 0.476 e. The zero-order chi connectivity index (χ0) is 10.7. The van der Waals surface area contributed by atoms with Crippen molar-refractivity contribution in [2.45, 2.75) is 13.0 Å². The SMILES string of the molecule is NC(=O)CCn1cc(N)c(C(=O)O)n1. The lowest BCUT2D eigenvalue weighted by molar-refractivity contribution is -0.118. The van der Waals surface area contributed by atoms with Gasteiger partial charge in [0.05, 0.1) is 5.69 Å². The number of aromatic nitrogens is 2. The Labute approximate surface area is 79.3 Å². The number of aryl methyl sites for hydroxylation is 1. The third-order valence-corrected chi connectivity index (χ3v) is 1.58. The second-order valence-electron chi connectivity index (χ2n) is 2.72. The Morgan fingerprint density at radius 1 is 1.57 bits per heavy atom. The van der Waals surface area contributed by atoms with Crippen molar-refractivity contribution in [3.8, 4) is 0 Å². The summed E-state index contributed by atoms with van der Waals surface area (Å²) in [6, 6.07) is 0. The molecule has 14 heavy (non-hydrogen) atoms. The fraction of sp³-hybridized carbons (Fsp3) is 0.286. The van der Waals surface area contributed by atoms with Crippen molar-refractivity contribution in [1.29, 1.82) is 0 Å². The van der Waals surface area contributed by atoms with Crippen LogP contribution in [0.15, 0.2) is 6.20 Å². The van der Waals surface area contributed by atoms with Crippen LogP contribution in [0.4, 0.5) is 5.69 Å². The van der Waals surface area contributed by atoms with Gasteiger partial charge in [-0.2, -0.15) is 5.10 Å². The van der Waals surface area contributed by atoms with Gasteiger partial charge in [0.25, 0.3) is 0 Å². The zero-order valence-electron chi connectivity index (χ0n) is 7.30. The number of amides is 1. The Hall–Kier alpha value is -2.05. The van der Waals surface area contributed by atoms with Gasteiger partial charge in [-0.05, 0) is 0 Å². The molecule has 0 spiro atoms. The monoisotopic (exact) mass is 198 g/mol. The number of hydrogen-bond donors (Lipinski definition) is 3. The first-order valence-corrected chi connectivity index (χ1v) is 3.85. The van der Waals surface area contributed by atoms with E-state index in [-0.39, 0.29) is 24.3 Å². The van der Waals surface area contributed by atoms with Crippen molar-refractivity contribution >= 4 is 17.6 Å². The third-order valence-electron chi connectivity index (χ3n) is 1.58. The molecule has 0 fully saturated rings. The molecule has 7 heteroatoms. The standard InChI is InChI=1S/C7H10N4O3/c8-4-3-11(2-1-5(9)12)10-6(4)7(13)14/h3H,1-2,8H2,(H2,9,12)(H,13,14). The highest BCUT2D eigenvalue weighted by Gasteiger charge is 2.12. The lowest BCUT2D eigenvalue weighted by Crippen LogP contribution is -2.14. The van der Waals surface area contributed by atoms with Gasteiger partial charge in [-0.15, -0.1) is 0 Å². The molecule has 0 aromatic carbocycles. The molecule has 0 aliphatic heterocycles. The van der Waals surface area contributed by atoms with Gasteiger partial charge in [-0.25, -0.2) is 4.79 Å². The van der Waals surface area contributed by atoms with Crippen LogP contribution in [0, 0.1) is 0 Å². The van der Waals surface area contributed by atoms with E-state index in [9.17, 15) is 9.59 Å². The minimum absolute atomic E-state index is 0.0713. The minimum Gasteiger partial charge on any atom is -0.476 e. The second-order valence-corrected chi connectivity index (χ2v) is 2.72. The highest BCUT2D eigenvalue weighted by atomic mass is 16.4. The predicted molar refractivity (Wildman–Crippen MR) is 47.4 cm³/mol. The molecule has 0 saturated heterocycles. The first kappa shape index (κ1) is 10.0. The van der Waals surface area contributed by atoms with Gasteiger partial charge < -0.3 is 16.6 Å². The minimum atomic E-state index is -1.19. The Balaban J connectivity index is 2.76. The quantitative estimate of drug-likeness (QED) is 0.574. The van der Waals surface area contributed by atoms with Crippen LogP contribution >= 0.6 is 0 Å². The first-order valence-electron chi connectivity index (χ1n) is 3.85. The molecule has 1 heterocycles. The highest BCUT2D eigenvalue weighted by Crippen LogP contribution is 2.08. The Morgan fingerprint density at radius 2 is 2.21 bits per heavy atom. The summed E-state index contributed by atoms with van der Waals surface area (Å²) in [6.45, 7) is 0.229. The fourth-order valence-electron chi connectivity index (χ4n) is 0.942. The van der Waals surface area contributed by atoms with Crippen molar-refractivity contribution in [2.24, 2.45) is 5.73 Å². The van der Waals surface area contributed by atoms with E-state index in [2.05, 4.69) is 5.10 Å². The van der Waals surface area contributed by atoms with Crippen LogP contribution in [0.3, 0.4) is 0 Å². The summed E-state index contributed by atoms with van der Waals surface area (Å²) in [7, 11) is 0. The molecule has 7 nitrogen and oxygen atoms in total. The van der Waals surface area contributed by atoms with E-state index >= 15 is 0 Å². The molecule has 0 radical (unpaired) electrons. The summed E-state index contributed by atoms with van der Waals surface area (Å²) in [6.07, 6.45) is 1.45. The van der Waals surface area contributed by atoms with Crippen LogP contribution in [-0.2, 0) is 11.3 Å². The molecular formula is C7H10N4O3. The average Bonchev–Trinajstić information content (AvgIpc) is 2.43. The maximum atomic E-state index is 10.5. The number of primary amides is 1. The van der Waals surface area contributed by atoms with Gasteiger partial charge in [-0.3, -0.25) is 9.48 Å². The molecule has 1 aromatic rings. The molecule has 76 valence electrons. The molecule has 1 amide bonds. The number of anilines is 1. The normalized spacial score (nSPS) is 10.0. The molecule has 0 unspecified atom stereocenters. The fourth-order valence-corrected chi connectivity index (χ4v) is 0.942. The van der Waals surface area contributed by atoms with Crippen LogP contribution in [0.2, 0.25) is 0 Å². The van der Waals surface area contributed by atoms with E-state index in [0.717, 1.165) is 0 Å². The van der Waals surface area contributed by atoms with Crippen LogP contribution in [-0.4, -0.2) is 26.8 Å². The predicted octanol–water partition coefficient (Wildman–Crippen LogP) is -0.961. The molecule has 5 N–H and O–H groups in total. The number of hydrogen-bond acceptors (Lipinski definition) is 4. The molecule has 0 aliphatic carbocycles. The maximum Gasteiger partial charge on any atom is 0.358 e. The van der Waals surface area contributed by atoms with Crippen LogP contribution < -0.4 is 11.5 Å². The van der Waals surface area contributed by atoms with Gasteiger partial charge in [0.2, 0.25) is 5.91 Å². The number of nitrogens with two attached hydrogens (primary N) is 2. The van der Waals surface area contributed by atoms with Crippen LogP contribution in [0.5, 0.6) is 0 Å². The van der Waals surface area contributed by atoms with Gasteiger partial charge >= 0.3 is 5.97 Å². The summed E-state index contributed by atoms with van der Waals surface area (Å²) >= 11 is 0. The summed E-state index contributed by atoms with van der Waals surface area (Å²) in [5, 5.41) is 12.3. The number of nitrogens with zero attached hydrogens (tertiary/aromatic N) is 2. The zero-order valence-corrected chi connectivity index (χ0v) is 7.30. The van der Waals surface area contributed by atoms with Crippen molar-refractivity contribution in [3.05, 3.63) is 11.9 Å². The Morgan fingerprint density at radius 3 is 2.64 bits per heavy atom. The van der Waals surface area contributed by atoms with E-state index in [4.69, 9.17) is 16.6 Å². The van der Waals surface area contributed by atoms with Gasteiger partial charge in [-0.1, -0.05) is 0 Å². The number of carbonyl (C=O) groups excluding carboxylic acids is 1. The van der Waals surface area contributed by atoms with Crippen molar-refractivity contribution in [1.82, 2.24) is 9.78 Å². The molecule has 0 bridgehead atoms. The Bertz CT molecular complexity index is 371. The molecule has 1 aromatic heterocycles. The number of carboxylic acid groups (broad SMARTS) is 1. The second kappa shape index (κ2) is 3.77. The number of nitrogen functional groups attached to an aromatic ring is 1. The van der Waals surface area contributed by atoms with Gasteiger partial charge in [0.15, 0.2) is 5.69 Å². The maximum absolute atomic E-state index is 10.5. The Kier molecular flexibility index (Phi) is 2.70. The van der Waals surface area contributed by atoms with E-state index in [1.165, 1.54) is 10.9 Å². The average molecular weight is 198 g/mol.